The van der Waals surface area contributed by atoms with Gasteiger partial charge in [0.05, 0.1) is 6.04 Å². The zero-order valence-corrected chi connectivity index (χ0v) is 14.0. The lowest BCUT2D eigenvalue weighted by Crippen LogP contribution is -2.49. The third kappa shape index (κ3) is 3.99. The number of phenols is 1. The molecule has 25 heavy (non-hydrogen) atoms. The van der Waals surface area contributed by atoms with Crippen LogP contribution < -0.4 is 5.32 Å². The van der Waals surface area contributed by atoms with E-state index in [0.717, 1.165) is 24.1 Å². The van der Waals surface area contributed by atoms with Crippen LogP contribution in [0.4, 0.5) is 0 Å². The van der Waals surface area contributed by atoms with Crippen molar-refractivity contribution in [3.63, 3.8) is 0 Å². The predicted molar refractivity (Wildman–Crippen MR) is 89.6 cm³/mol. The van der Waals surface area contributed by atoms with E-state index in [9.17, 15) is 14.7 Å². The van der Waals surface area contributed by atoms with E-state index in [4.69, 9.17) is 4.52 Å². The smallest absolute Gasteiger partial charge is 0.246 e. The van der Waals surface area contributed by atoms with Gasteiger partial charge in [-0.15, -0.1) is 0 Å². The first-order valence-corrected chi connectivity index (χ1v) is 8.30. The molecule has 0 unspecified atom stereocenters. The van der Waals surface area contributed by atoms with Gasteiger partial charge < -0.3 is 19.8 Å². The van der Waals surface area contributed by atoms with Crippen molar-refractivity contribution in [2.75, 3.05) is 6.54 Å². The van der Waals surface area contributed by atoms with E-state index in [2.05, 4.69) is 10.5 Å². The van der Waals surface area contributed by atoms with Crippen LogP contribution in [0.3, 0.4) is 0 Å². The van der Waals surface area contributed by atoms with Crippen LogP contribution in [-0.2, 0) is 16.0 Å². The molecule has 132 valence electrons. The molecule has 1 aliphatic rings. The van der Waals surface area contributed by atoms with Gasteiger partial charge >= 0.3 is 0 Å². The fraction of sp³-hybridized carbons (Fsp3) is 0.389. The van der Waals surface area contributed by atoms with E-state index >= 15 is 0 Å². The maximum Gasteiger partial charge on any atom is 0.246 e. The molecule has 0 bridgehead atoms. The minimum atomic E-state index is -0.658. The summed E-state index contributed by atoms with van der Waals surface area (Å²) in [6.07, 6.45) is 3.57. The number of nitrogens with one attached hydrogen (secondary N) is 1. The highest BCUT2D eigenvalue weighted by Gasteiger charge is 2.35. The van der Waals surface area contributed by atoms with Crippen LogP contribution in [0.15, 0.2) is 41.1 Å². The van der Waals surface area contributed by atoms with E-state index in [-0.39, 0.29) is 23.6 Å². The first kappa shape index (κ1) is 17.0. The zero-order chi connectivity index (χ0) is 17.8. The zero-order valence-electron chi connectivity index (χ0n) is 14.0. The van der Waals surface area contributed by atoms with Gasteiger partial charge in [-0.3, -0.25) is 9.59 Å². The fourth-order valence-electron chi connectivity index (χ4n) is 3.25. The number of carbonyl (C=O) groups is 2. The molecular formula is C18H21N3O4. The number of nitrogens with zero attached hydrogens (tertiary/aromatic N) is 2. The van der Waals surface area contributed by atoms with Crippen LogP contribution in [0.1, 0.15) is 37.1 Å². The summed E-state index contributed by atoms with van der Waals surface area (Å²) in [7, 11) is 0. The Morgan fingerprint density at radius 2 is 2.12 bits per heavy atom. The van der Waals surface area contributed by atoms with Crippen LogP contribution >= 0.6 is 0 Å². The molecule has 1 aromatic heterocycles. The predicted octanol–water partition coefficient (Wildman–Crippen LogP) is 1.79. The first-order chi connectivity index (χ1) is 12.0. The molecule has 2 heterocycles. The van der Waals surface area contributed by atoms with E-state index < -0.39 is 6.04 Å². The molecule has 1 aliphatic heterocycles. The van der Waals surface area contributed by atoms with Crippen LogP contribution in [0.5, 0.6) is 5.75 Å². The third-order valence-corrected chi connectivity index (χ3v) is 4.39. The highest BCUT2D eigenvalue weighted by atomic mass is 16.5. The Morgan fingerprint density at radius 1 is 1.36 bits per heavy atom. The molecule has 7 heteroatoms. The average molecular weight is 343 g/mol. The summed E-state index contributed by atoms with van der Waals surface area (Å²) in [6, 6.07) is 7.62. The normalized spacial score (nSPS) is 18.1. The van der Waals surface area contributed by atoms with Gasteiger partial charge in [0.25, 0.3) is 0 Å². The molecular weight excluding hydrogens is 322 g/mol. The lowest BCUT2D eigenvalue weighted by atomic mass is 10.0. The van der Waals surface area contributed by atoms with Gasteiger partial charge in [0.1, 0.15) is 23.7 Å². The Bertz CT molecular complexity index is 727. The number of phenolic OH excluding ortho intramolecular Hbond substituents is 1. The fourth-order valence-corrected chi connectivity index (χ4v) is 3.25. The van der Waals surface area contributed by atoms with Crippen LogP contribution in [0.2, 0.25) is 0 Å². The first-order valence-electron chi connectivity index (χ1n) is 8.30. The van der Waals surface area contributed by atoms with Crippen molar-refractivity contribution in [2.24, 2.45) is 0 Å². The topological polar surface area (TPSA) is 95.7 Å². The van der Waals surface area contributed by atoms with Gasteiger partial charge in [0.2, 0.25) is 11.8 Å². The lowest BCUT2D eigenvalue weighted by Gasteiger charge is -2.28. The van der Waals surface area contributed by atoms with Crippen LogP contribution in [-0.4, -0.2) is 39.6 Å². The minimum Gasteiger partial charge on any atom is -0.508 e. The molecule has 2 N–H and O–H groups in total. The number of aromatic nitrogens is 1. The molecule has 0 saturated carbocycles. The van der Waals surface area contributed by atoms with Crippen molar-refractivity contribution in [3.05, 3.63) is 47.9 Å². The number of carbonyl (C=O) groups excluding carboxylic acids is 2. The standard InChI is InChI=1S/C18H21N3O4/c1-12(22)19-16(11-13-4-6-14(23)7-5-13)18(24)21-9-2-3-17(21)15-8-10-25-20-15/h4-8,10,16-17,23H,2-3,9,11H2,1H3,(H,19,22)/t16-,17+/m0/s1. The van der Waals surface area contributed by atoms with Crippen molar-refractivity contribution >= 4 is 11.8 Å². The van der Waals surface area contributed by atoms with Crippen molar-refractivity contribution in [1.29, 1.82) is 0 Å². The maximum atomic E-state index is 13.1. The largest absolute Gasteiger partial charge is 0.508 e. The Hall–Kier alpha value is -2.83. The molecule has 1 aromatic carbocycles. The molecule has 1 saturated heterocycles. The van der Waals surface area contributed by atoms with Crippen molar-refractivity contribution in [3.8, 4) is 5.75 Å². The number of aromatic hydroxyl groups is 1. The quantitative estimate of drug-likeness (QED) is 0.863. The second-order valence-electron chi connectivity index (χ2n) is 6.24. The molecule has 0 spiro atoms. The Balaban J connectivity index is 1.78. The van der Waals surface area contributed by atoms with Gasteiger partial charge in [0, 0.05) is 26.0 Å². The number of benzene rings is 1. The highest BCUT2D eigenvalue weighted by Crippen LogP contribution is 2.31. The molecule has 7 nitrogen and oxygen atoms in total. The summed E-state index contributed by atoms with van der Waals surface area (Å²) in [5.41, 5.74) is 1.60. The summed E-state index contributed by atoms with van der Waals surface area (Å²) in [5, 5.41) is 16.1. The molecule has 0 radical (unpaired) electrons. The van der Waals surface area contributed by atoms with Gasteiger partial charge in [-0.25, -0.2) is 0 Å². The van der Waals surface area contributed by atoms with Gasteiger partial charge in [-0.1, -0.05) is 17.3 Å². The summed E-state index contributed by atoms with van der Waals surface area (Å²) in [6.45, 7) is 2.03. The molecule has 0 aliphatic carbocycles. The number of hydrogen-bond donors (Lipinski definition) is 2. The van der Waals surface area contributed by atoms with E-state index in [1.54, 1.807) is 35.2 Å². The SMILES string of the molecule is CC(=O)N[C@@H](Cc1ccc(O)cc1)C(=O)N1CCC[C@@H]1c1ccon1. The Morgan fingerprint density at radius 3 is 2.76 bits per heavy atom. The van der Waals surface area contributed by atoms with Gasteiger partial charge in [-0.2, -0.15) is 0 Å². The molecule has 2 amide bonds. The second-order valence-corrected chi connectivity index (χ2v) is 6.24. The monoisotopic (exact) mass is 343 g/mol. The summed E-state index contributed by atoms with van der Waals surface area (Å²) < 4.78 is 4.91. The average Bonchev–Trinajstić information content (AvgIpc) is 3.26. The van der Waals surface area contributed by atoms with Crippen LogP contribution in [0.25, 0.3) is 0 Å². The van der Waals surface area contributed by atoms with Gasteiger partial charge in [-0.05, 0) is 30.5 Å². The lowest BCUT2D eigenvalue weighted by molar-refractivity contribution is -0.137. The van der Waals surface area contributed by atoms with Crippen molar-refractivity contribution in [1.82, 2.24) is 15.4 Å². The highest BCUT2D eigenvalue weighted by molar-refractivity contribution is 5.87. The maximum absolute atomic E-state index is 13.1. The number of rotatable bonds is 5. The van der Waals surface area contributed by atoms with Crippen LogP contribution in [0, 0.1) is 0 Å². The summed E-state index contributed by atoms with van der Waals surface area (Å²) in [5.74, 6) is -0.222. The van der Waals surface area contributed by atoms with E-state index in [1.807, 2.05) is 0 Å². The summed E-state index contributed by atoms with van der Waals surface area (Å²) in [4.78, 5) is 26.4. The molecule has 2 atom stereocenters. The van der Waals surface area contributed by atoms with E-state index in [1.165, 1.54) is 13.2 Å². The molecule has 1 fully saturated rings. The van der Waals surface area contributed by atoms with Crippen molar-refractivity contribution < 1.29 is 19.2 Å². The second kappa shape index (κ2) is 7.38. The van der Waals surface area contributed by atoms with Crippen molar-refractivity contribution in [2.45, 2.75) is 38.3 Å². The number of amides is 2. The van der Waals surface area contributed by atoms with Gasteiger partial charge in [0.15, 0.2) is 0 Å². The Kier molecular flexibility index (Phi) is 5.02. The number of likely N-dealkylation sites (tertiary alicyclic amines) is 1. The minimum absolute atomic E-state index is 0.123. The molecule has 3 rings (SSSR count). The Labute approximate surface area is 145 Å². The summed E-state index contributed by atoms with van der Waals surface area (Å²) >= 11 is 0. The molecule has 2 aromatic rings. The number of hydrogen-bond acceptors (Lipinski definition) is 5. The third-order valence-electron chi connectivity index (χ3n) is 4.39. The van der Waals surface area contributed by atoms with E-state index in [0.29, 0.717) is 13.0 Å².